The summed E-state index contributed by atoms with van der Waals surface area (Å²) < 4.78 is 48.9. The molecule has 1 amide bonds. The molecule has 1 unspecified atom stereocenters. The van der Waals surface area contributed by atoms with Crippen LogP contribution in [-0.2, 0) is 26.1 Å². The fourth-order valence-corrected chi connectivity index (χ4v) is 4.37. The first-order chi connectivity index (χ1) is 15.9. The Morgan fingerprint density at radius 2 is 1.85 bits per heavy atom. The van der Waals surface area contributed by atoms with E-state index in [2.05, 4.69) is 10.0 Å². The van der Waals surface area contributed by atoms with E-state index in [0.717, 1.165) is 30.8 Å². The van der Waals surface area contributed by atoms with Gasteiger partial charge in [-0.05, 0) is 42.7 Å². The Bertz CT molecular complexity index is 1020. The van der Waals surface area contributed by atoms with Crippen molar-refractivity contribution < 1.29 is 32.2 Å². The molecule has 1 aliphatic heterocycles. The molecule has 33 heavy (non-hydrogen) atoms. The number of sulfonamides is 1. The number of benzene rings is 2. The van der Waals surface area contributed by atoms with Gasteiger partial charge in [-0.1, -0.05) is 12.1 Å². The molecule has 1 saturated heterocycles. The molecule has 2 aromatic carbocycles. The maximum Gasteiger partial charge on any atom is 0.240 e. The Morgan fingerprint density at radius 3 is 2.52 bits per heavy atom. The quantitative estimate of drug-likeness (QED) is 0.481. The van der Waals surface area contributed by atoms with E-state index in [1.54, 1.807) is 0 Å². The first-order valence-corrected chi connectivity index (χ1v) is 12.2. The van der Waals surface area contributed by atoms with Crippen molar-refractivity contribution in [2.75, 3.05) is 34.0 Å². The van der Waals surface area contributed by atoms with Gasteiger partial charge in [-0.15, -0.1) is 0 Å². The topological polar surface area (TPSA) is 112 Å². The lowest BCUT2D eigenvalue weighted by molar-refractivity contribution is -0.121. The average molecular weight is 479 g/mol. The number of rotatable bonds is 12. The molecule has 1 atom stereocenters. The first-order valence-electron chi connectivity index (χ1n) is 10.7. The Hall–Kier alpha value is -2.82. The van der Waals surface area contributed by atoms with E-state index < -0.39 is 10.0 Å². The molecule has 1 fully saturated rings. The molecule has 1 aliphatic rings. The van der Waals surface area contributed by atoms with Gasteiger partial charge in [-0.3, -0.25) is 4.79 Å². The highest BCUT2D eigenvalue weighted by Crippen LogP contribution is 2.29. The third kappa shape index (κ3) is 7.34. The van der Waals surface area contributed by atoms with Crippen molar-refractivity contribution in [1.29, 1.82) is 0 Å². The number of amides is 1. The van der Waals surface area contributed by atoms with E-state index in [-0.39, 0.29) is 29.9 Å². The largest absolute Gasteiger partial charge is 0.493 e. The third-order valence-electron chi connectivity index (χ3n) is 5.18. The molecule has 1 heterocycles. The lowest BCUT2D eigenvalue weighted by Crippen LogP contribution is -2.30. The Balaban J connectivity index is 1.40. The van der Waals surface area contributed by atoms with Crippen LogP contribution in [0.3, 0.4) is 0 Å². The van der Waals surface area contributed by atoms with E-state index in [1.807, 2.05) is 24.3 Å². The van der Waals surface area contributed by atoms with E-state index in [9.17, 15) is 13.2 Å². The Kier molecular flexibility index (Phi) is 8.93. The molecule has 0 saturated carbocycles. The summed E-state index contributed by atoms with van der Waals surface area (Å²) in [5.41, 5.74) is 0.915. The Labute approximate surface area is 194 Å². The van der Waals surface area contributed by atoms with Crippen molar-refractivity contribution in [1.82, 2.24) is 10.0 Å². The SMILES string of the molecule is COc1ccc(S(=O)(=O)NCCC(=O)NCc2ccc(OCC3CCCO3)cc2)cc1OC. The minimum atomic E-state index is -3.79. The molecule has 180 valence electrons. The highest BCUT2D eigenvalue weighted by Gasteiger charge is 2.18. The van der Waals surface area contributed by atoms with Gasteiger partial charge in [0.2, 0.25) is 15.9 Å². The number of ether oxygens (including phenoxy) is 4. The molecule has 0 aliphatic carbocycles. The van der Waals surface area contributed by atoms with Crippen LogP contribution in [-0.4, -0.2) is 54.4 Å². The van der Waals surface area contributed by atoms with Gasteiger partial charge in [0.1, 0.15) is 12.4 Å². The molecule has 0 spiro atoms. The lowest BCUT2D eigenvalue weighted by Gasteiger charge is -2.12. The van der Waals surface area contributed by atoms with Crippen LogP contribution in [0.1, 0.15) is 24.8 Å². The maximum atomic E-state index is 12.5. The van der Waals surface area contributed by atoms with Crippen molar-refractivity contribution in [2.24, 2.45) is 0 Å². The molecule has 0 bridgehead atoms. The minimum Gasteiger partial charge on any atom is -0.493 e. The van der Waals surface area contributed by atoms with Gasteiger partial charge in [0, 0.05) is 32.2 Å². The van der Waals surface area contributed by atoms with Gasteiger partial charge >= 0.3 is 0 Å². The summed E-state index contributed by atoms with van der Waals surface area (Å²) in [4.78, 5) is 12.1. The minimum absolute atomic E-state index is 0.00903. The van der Waals surface area contributed by atoms with Gasteiger partial charge in [-0.25, -0.2) is 13.1 Å². The molecule has 10 heteroatoms. The number of nitrogens with one attached hydrogen (secondary N) is 2. The molecular formula is C23H30N2O7S. The van der Waals surface area contributed by atoms with Crippen LogP contribution in [0.15, 0.2) is 47.4 Å². The molecule has 0 aromatic heterocycles. The molecule has 9 nitrogen and oxygen atoms in total. The van der Waals surface area contributed by atoms with Crippen molar-refractivity contribution >= 4 is 15.9 Å². The molecule has 3 rings (SSSR count). The first kappa shape index (κ1) is 24.8. The van der Waals surface area contributed by atoms with Crippen LogP contribution >= 0.6 is 0 Å². The summed E-state index contributed by atoms with van der Waals surface area (Å²) in [6, 6.07) is 11.8. The summed E-state index contributed by atoms with van der Waals surface area (Å²) in [6.45, 7) is 1.64. The smallest absolute Gasteiger partial charge is 0.240 e. The predicted octanol–water partition coefficient (Wildman–Crippen LogP) is 2.25. The molecule has 2 N–H and O–H groups in total. The number of carbonyl (C=O) groups is 1. The average Bonchev–Trinajstić information content (AvgIpc) is 3.35. The van der Waals surface area contributed by atoms with Gasteiger partial charge in [0.15, 0.2) is 11.5 Å². The standard InChI is InChI=1S/C23H30N2O7S/c1-29-21-10-9-20(14-22(21)30-2)33(27,28)25-12-11-23(26)24-15-17-5-7-18(8-6-17)32-16-19-4-3-13-31-19/h5-10,14,19,25H,3-4,11-13,15-16H2,1-2H3,(H,24,26). The number of hydrogen-bond acceptors (Lipinski definition) is 7. The van der Waals surface area contributed by atoms with E-state index in [4.69, 9.17) is 18.9 Å². The Morgan fingerprint density at radius 1 is 1.09 bits per heavy atom. The highest BCUT2D eigenvalue weighted by atomic mass is 32.2. The van der Waals surface area contributed by atoms with Crippen molar-refractivity contribution in [3.05, 3.63) is 48.0 Å². The highest BCUT2D eigenvalue weighted by molar-refractivity contribution is 7.89. The zero-order chi connectivity index (χ0) is 23.7. The van der Waals surface area contributed by atoms with Gasteiger partial charge in [0.25, 0.3) is 0 Å². The fraction of sp³-hybridized carbons (Fsp3) is 0.435. The normalized spacial score (nSPS) is 15.8. The summed E-state index contributed by atoms with van der Waals surface area (Å²) in [7, 11) is -0.887. The maximum absolute atomic E-state index is 12.5. The van der Waals surface area contributed by atoms with E-state index in [0.29, 0.717) is 24.7 Å². The predicted molar refractivity (Wildman–Crippen MR) is 122 cm³/mol. The van der Waals surface area contributed by atoms with Gasteiger partial charge in [0.05, 0.1) is 25.2 Å². The number of methoxy groups -OCH3 is 2. The van der Waals surface area contributed by atoms with Crippen LogP contribution in [0.5, 0.6) is 17.2 Å². The summed E-state index contributed by atoms with van der Waals surface area (Å²) in [6.07, 6.45) is 2.27. The molecule has 0 radical (unpaired) electrons. The second kappa shape index (κ2) is 11.9. The van der Waals surface area contributed by atoms with Gasteiger partial charge in [-0.2, -0.15) is 0 Å². The second-order valence-corrected chi connectivity index (χ2v) is 9.30. The zero-order valence-corrected chi connectivity index (χ0v) is 19.7. The number of hydrogen-bond donors (Lipinski definition) is 2. The summed E-state index contributed by atoms with van der Waals surface area (Å²) in [5, 5.41) is 2.78. The van der Waals surface area contributed by atoms with Crippen LogP contribution in [0, 0.1) is 0 Å². The molecule has 2 aromatic rings. The van der Waals surface area contributed by atoms with Crippen molar-refractivity contribution in [2.45, 2.75) is 36.8 Å². The van der Waals surface area contributed by atoms with E-state index in [1.165, 1.54) is 32.4 Å². The van der Waals surface area contributed by atoms with E-state index >= 15 is 0 Å². The van der Waals surface area contributed by atoms with Crippen molar-refractivity contribution in [3.8, 4) is 17.2 Å². The van der Waals surface area contributed by atoms with Crippen LogP contribution < -0.4 is 24.2 Å². The summed E-state index contributed by atoms with van der Waals surface area (Å²) in [5.74, 6) is 1.23. The lowest BCUT2D eigenvalue weighted by atomic mass is 10.2. The van der Waals surface area contributed by atoms with Crippen LogP contribution in [0.25, 0.3) is 0 Å². The summed E-state index contributed by atoms with van der Waals surface area (Å²) >= 11 is 0. The van der Waals surface area contributed by atoms with Gasteiger partial charge < -0.3 is 24.3 Å². The monoisotopic (exact) mass is 478 g/mol. The van der Waals surface area contributed by atoms with Crippen LogP contribution in [0.2, 0.25) is 0 Å². The van der Waals surface area contributed by atoms with Crippen LogP contribution in [0.4, 0.5) is 0 Å². The third-order valence-corrected chi connectivity index (χ3v) is 6.64. The number of carbonyl (C=O) groups excluding carboxylic acids is 1. The zero-order valence-electron chi connectivity index (χ0n) is 18.8. The second-order valence-electron chi connectivity index (χ2n) is 7.53. The molecular weight excluding hydrogens is 448 g/mol. The van der Waals surface area contributed by atoms with Crippen molar-refractivity contribution in [3.63, 3.8) is 0 Å². The fourth-order valence-electron chi connectivity index (χ4n) is 3.32.